The molecule has 2 N–H and O–H groups in total. The van der Waals surface area contributed by atoms with Crippen molar-refractivity contribution in [3.05, 3.63) is 53.6 Å². The van der Waals surface area contributed by atoms with Gasteiger partial charge in [-0.1, -0.05) is 18.2 Å². The number of urea groups is 1. The molecular formula is C36H49N7O6S. The molecule has 3 aromatic rings. The normalized spacial score (nSPS) is 19.8. The second kappa shape index (κ2) is 14.3. The first kappa shape index (κ1) is 35.8. The summed E-state index contributed by atoms with van der Waals surface area (Å²) in [5.74, 6) is 0.695. The number of alkyl carbamates (subject to hydrolysis) is 1. The molecule has 13 nitrogen and oxygen atoms in total. The molecule has 1 aromatic heterocycles. The number of nitrogens with zero attached hydrogens (tertiary/aromatic N) is 5. The highest BCUT2D eigenvalue weighted by atomic mass is 32.2. The molecule has 3 aliphatic rings. The van der Waals surface area contributed by atoms with Gasteiger partial charge in [0.25, 0.3) is 0 Å². The van der Waals surface area contributed by atoms with E-state index in [9.17, 15) is 22.8 Å². The highest BCUT2D eigenvalue weighted by Crippen LogP contribution is 2.34. The summed E-state index contributed by atoms with van der Waals surface area (Å²) in [7, 11) is -1.78. The molecule has 1 atom stereocenters. The molecule has 6 rings (SSSR count). The third-order valence-corrected chi connectivity index (χ3v) is 11.9. The lowest BCUT2D eigenvalue weighted by molar-refractivity contribution is -0.120. The van der Waals surface area contributed by atoms with Crippen molar-refractivity contribution in [3.63, 3.8) is 0 Å². The van der Waals surface area contributed by atoms with Gasteiger partial charge in [0.15, 0.2) is 5.82 Å². The van der Waals surface area contributed by atoms with Crippen molar-refractivity contribution in [2.24, 2.45) is 7.05 Å². The Morgan fingerprint density at radius 2 is 1.74 bits per heavy atom. The van der Waals surface area contributed by atoms with E-state index < -0.39 is 27.7 Å². The molecule has 14 heteroatoms. The van der Waals surface area contributed by atoms with E-state index in [1.165, 1.54) is 14.8 Å². The number of hydrogen-bond donors (Lipinski definition) is 2. The first-order valence-electron chi connectivity index (χ1n) is 17.6. The number of fused-ring (bicyclic) bond motifs is 1. The Morgan fingerprint density at radius 3 is 2.42 bits per heavy atom. The molecular weight excluding hydrogens is 659 g/mol. The number of amides is 4. The van der Waals surface area contributed by atoms with E-state index in [1.807, 2.05) is 52.1 Å². The van der Waals surface area contributed by atoms with Crippen molar-refractivity contribution < 1.29 is 27.5 Å². The monoisotopic (exact) mass is 707 g/mol. The molecule has 3 fully saturated rings. The molecule has 1 unspecified atom stereocenters. The molecule has 0 spiro atoms. The topological polar surface area (TPSA) is 146 Å². The summed E-state index contributed by atoms with van der Waals surface area (Å²) in [6.45, 7) is 10.5. The second-order valence-corrected chi connectivity index (χ2v) is 16.8. The van der Waals surface area contributed by atoms with Gasteiger partial charge < -0.3 is 15.0 Å². The van der Waals surface area contributed by atoms with Crippen LogP contribution >= 0.6 is 0 Å². The van der Waals surface area contributed by atoms with Crippen LogP contribution < -0.4 is 15.5 Å². The molecule has 0 bridgehead atoms. The predicted octanol–water partition coefficient (Wildman–Crippen LogP) is 4.51. The van der Waals surface area contributed by atoms with Gasteiger partial charge in [-0.05, 0) is 114 Å². The van der Waals surface area contributed by atoms with Gasteiger partial charge in [0, 0.05) is 50.6 Å². The van der Waals surface area contributed by atoms with Crippen LogP contribution in [0.25, 0.3) is 10.9 Å². The molecule has 3 saturated heterocycles. The zero-order chi connectivity index (χ0) is 35.8. The van der Waals surface area contributed by atoms with Gasteiger partial charge in [-0.3, -0.25) is 19.7 Å². The number of anilines is 1. The summed E-state index contributed by atoms with van der Waals surface area (Å²) in [6.07, 6.45) is 3.59. The summed E-state index contributed by atoms with van der Waals surface area (Å²) in [5, 5.41) is 10.8. The number of benzene rings is 2. The van der Waals surface area contributed by atoms with Gasteiger partial charge >= 0.3 is 12.1 Å². The van der Waals surface area contributed by atoms with Gasteiger partial charge in [0.2, 0.25) is 15.9 Å². The van der Waals surface area contributed by atoms with E-state index >= 15 is 0 Å². The smallest absolute Gasteiger partial charge is 0.407 e. The van der Waals surface area contributed by atoms with E-state index in [1.54, 1.807) is 10.7 Å². The predicted molar refractivity (Wildman–Crippen MR) is 191 cm³/mol. The number of imide groups is 1. The summed E-state index contributed by atoms with van der Waals surface area (Å²) in [5.41, 5.74) is 2.61. The van der Waals surface area contributed by atoms with Crippen LogP contribution in [0.1, 0.15) is 76.8 Å². The zero-order valence-corrected chi connectivity index (χ0v) is 30.5. The summed E-state index contributed by atoms with van der Waals surface area (Å²) >= 11 is 0. The van der Waals surface area contributed by atoms with Crippen LogP contribution in [0.4, 0.5) is 15.4 Å². The summed E-state index contributed by atoms with van der Waals surface area (Å²) in [4.78, 5) is 40.6. The quantitative estimate of drug-likeness (QED) is 0.348. The van der Waals surface area contributed by atoms with Gasteiger partial charge in [-0.25, -0.2) is 18.0 Å². The highest BCUT2D eigenvalue weighted by molar-refractivity contribution is 7.89. The van der Waals surface area contributed by atoms with Crippen LogP contribution in [0.15, 0.2) is 47.4 Å². The van der Waals surface area contributed by atoms with Crippen LogP contribution in [0.5, 0.6) is 0 Å². The van der Waals surface area contributed by atoms with Crippen molar-refractivity contribution in [2.45, 2.75) is 94.7 Å². The standard InChI is InChI=1S/C36H49N7O6S/c1-24(21-25-7-6-8-29(22-25)50(47,48)42-18-13-28(14-19-42)37-35(46)49-36(2,3)4)41-16-11-26(12-17-41)27-9-10-30-31(23-27)40(5)39-33(30)43-20-15-32(44)38-34(43)45/h6-10,22-24,26,28H,11-21H2,1-5H3,(H,37,46)(H,38,44,45). The Kier molecular flexibility index (Phi) is 10.2. The SMILES string of the molecule is CC(Cc1cccc(S(=O)(=O)N2CCC(NC(=O)OC(C)(C)C)CC2)c1)N1CCC(c2ccc3c(N4CCC(=O)NC4=O)nn(C)c3c2)CC1. The molecule has 0 aliphatic carbocycles. The molecule has 3 aliphatic heterocycles. The number of aromatic nitrogens is 2. The number of likely N-dealkylation sites (tertiary alicyclic amines) is 1. The van der Waals surface area contributed by atoms with Crippen LogP contribution in [-0.2, 0) is 33.0 Å². The van der Waals surface area contributed by atoms with Crippen molar-refractivity contribution in [3.8, 4) is 0 Å². The van der Waals surface area contributed by atoms with Crippen LogP contribution in [0, 0.1) is 0 Å². The molecule has 0 saturated carbocycles. The summed E-state index contributed by atoms with van der Waals surface area (Å²) < 4.78 is 35.9. The number of hydrogen-bond acceptors (Lipinski definition) is 8. The van der Waals surface area contributed by atoms with E-state index in [0.29, 0.717) is 49.1 Å². The zero-order valence-electron chi connectivity index (χ0n) is 29.6. The maximum absolute atomic E-state index is 13.6. The minimum Gasteiger partial charge on any atom is -0.444 e. The van der Waals surface area contributed by atoms with Crippen molar-refractivity contribution in [1.82, 2.24) is 29.6 Å². The third-order valence-electron chi connectivity index (χ3n) is 10.0. The Bertz CT molecular complexity index is 1850. The Hall–Kier alpha value is -4.01. The fourth-order valence-corrected chi connectivity index (χ4v) is 8.86. The Labute approximate surface area is 294 Å². The van der Waals surface area contributed by atoms with E-state index in [0.717, 1.165) is 48.8 Å². The third kappa shape index (κ3) is 7.97. The maximum Gasteiger partial charge on any atom is 0.407 e. The average molecular weight is 708 g/mol. The van der Waals surface area contributed by atoms with Gasteiger partial charge in [-0.15, -0.1) is 0 Å². The minimum atomic E-state index is -3.66. The van der Waals surface area contributed by atoms with Crippen LogP contribution in [0.3, 0.4) is 0 Å². The van der Waals surface area contributed by atoms with Crippen molar-refractivity contribution >= 4 is 44.8 Å². The fraction of sp³-hybridized carbons (Fsp3) is 0.556. The lowest BCUT2D eigenvalue weighted by Crippen LogP contribution is -2.49. The van der Waals surface area contributed by atoms with Gasteiger partial charge in [0.1, 0.15) is 5.60 Å². The van der Waals surface area contributed by atoms with E-state index in [4.69, 9.17) is 4.74 Å². The van der Waals surface area contributed by atoms with Crippen molar-refractivity contribution in [2.75, 3.05) is 37.6 Å². The number of nitrogens with one attached hydrogen (secondary N) is 2. The first-order chi connectivity index (χ1) is 23.7. The largest absolute Gasteiger partial charge is 0.444 e. The maximum atomic E-state index is 13.6. The first-order valence-corrected chi connectivity index (χ1v) is 19.0. The van der Waals surface area contributed by atoms with Crippen LogP contribution in [0.2, 0.25) is 0 Å². The molecule has 4 heterocycles. The number of aryl methyl sites for hydroxylation is 1. The van der Waals surface area contributed by atoms with E-state index in [2.05, 4.69) is 39.7 Å². The fourth-order valence-electron chi connectivity index (χ4n) is 7.32. The van der Waals surface area contributed by atoms with E-state index in [-0.39, 0.29) is 24.4 Å². The number of carbonyl (C=O) groups is 3. The molecule has 4 amide bonds. The second-order valence-electron chi connectivity index (χ2n) is 14.8. The number of ether oxygens (including phenoxy) is 1. The average Bonchev–Trinajstić information content (AvgIpc) is 3.39. The minimum absolute atomic E-state index is 0.123. The molecule has 50 heavy (non-hydrogen) atoms. The van der Waals surface area contributed by atoms with Crippen LogP contribution in [-0.4, -0.2) is 95.8 Å². The summed E-state index contributed by atoms with van der Waals surface area (Å²) in [6, 6.07) is 13.3. The lowest BCUT2D eigenvalue weighted by Gasteiger charge is -2.36. The Morgan fingerprint density at radius 1 is 1.02 bits per heavy atom. The highest BCUT2D eigenvalue weighted by Gasteiger charge is 2.32. The number of carbonyl (C=O) groups excluding carboxylic acids is 3. The van der Waals surface area contributed by atoms with Gasteiger partial charge in [-0.2, -0.15) is 9.40 Å². The molecule has 270 valence electrons. The van der Waals surface area contributed by atoms with Gasteiger partial charge in [0.05, 0.1) is 10.4 Å². The Balaban J connectivity index is 1.03. The molecule has 2 aromatic carbocycles. The van der Waals surface area contributed by atoms with Crippen molar-refractivity contribution in [1.29, 1.82) is 0 Å². The molecule has 0 radical (unpaired) electrons. The number of piperidine rings is 2. The lowest BCUT2D eigenvalue weighted by atomic mass is 9.88. The number of rotatable bonds is 8. The number of sulfonamides is 1.